The van der Waals surface area contributed by atoms with E-state index in [4.69, 9.17) is 15.2 Å². The molecule has 0 saturated heterocycles. The third kappa shape index (κ3) is 4.89. The first kappa shape index (κ1) is 20.1. The van der Waals surface area contributed by atoms with Gasteiger partial charge in [0.25, 0.3) is 0 Å². The smallest absolute Gasteiger partial charge is 0.164 e. The van der Waals surface area contributed by atoms with Crippen LogP contribution in [0, 0.1) is 0 Å². The molecule has 0 amide bonds. The summed E-state index contributed by atoms with van der Waals surface area (Å²) in [7, 11) is 3.44. The van der Waals surface area contributed by atoms with E-state index < -0.39 is 0 Å². The highest BCUT2D eigenvalue weighted by molar-refractivity contribution is 5.52. The summed E-state index contributed by atoms with van der Waals surface area (Å²) in [5.41, 5.74) is 9.28. The minimum Gasteiger partial charge on any atom is -0.493 e. The van der Waals surface area contributed by atoms with Gasteiger partial charge in [-0.05, 0) is 50.3 Å². The van der Waals surface area contributed by atoms with E-state index in [0.717, 1.165) is 50.1 Å². The molecule has 2 atom stereocenters. The second-order valence-electron chi connectivity index (χ2n) is 7.14. The number of ether oxygens (including phenoxy) is 2. The largest absolute Gasteiger partial charge is 0.493 e. The van der Waals surface area contributed by atoms with E-state index in [9.17, 15) is 0 Å². The fourth-order valence-electron chi connectivity index (χ4n) is 4.09. The van der Waals surface area contributed by atoms with E-state index in [0.29, 0.717) is 6.04 Å². The standard InChI is InChI=1S/C21H36N2O2/c1-5-7-8-9-20(22)23(14-6-2)17-11-12-18-16(15-17)10-13-19(24-3)21(18)25-4/h10,13,17,20H,5-9,11-12,14-15,22H2,1-4H3. The molecule has 1 aliphatic carbocycles. The summed E-state index contributed by atoms with van der Waals surface area (Å²) in [6.45, 7) is 5.58. The van der Waals surface area contributed by atoms with Gasteiger partial charge in [-0.15, -0.1) is 0 Å². The molecular formula is C21H36N2O2. The Morgan fingerprint density at radius 1 is 1.16 bits per heavy atom. The van der Waals surface area contributed by atoms with E-state index >= 15 is 0 Å². The lowest BCUT2D eigenvalue weighted by molar-refractivity contribution is 0.115. The molecule has 142 valence electrons. The lowest BCUT2D eigenvalue weighted by Crippen LogP contribution is -2.50. The van der Waals surface area contributed by atoms with Crippen LogP contribution >= 0.6 is 0 Å². The van der Waals surface area contributed by atoms with Gasteiger partial charge in [-0.2, -0.15) is 0 Å². The molecule has 0 saturated carbocycles. The van der Waals surface area contributed by atoms with Crippen LogP contribution in [0.5, 0.6) is 11.5 Å². The summed E-state index contributed by atoms with van der Waals surface area (Å²) in [4.78, 5) is 2.55. The molecule has 0 heterocycles. The first-order chi connectivity index (χ1) is 12.2. The molecule has 1 aromatic rings. The SMILES string of the molecule is CCCCCC(N)N(CCC)C1CCc2c(ccc(OC)c2OC)C1. The Kier molecular flexibility index (Phi) is 8.04. The minimum atomic E-state index is 0.179. The summed E-state index contributed by atoms with van der Waals surface area (Å²) >= 11 is 0. The van der Waals surface area contributed by atoms with Crippen molar-refractivity contribution in [3.63, 3.8) is 0 Å². The maximum atomic E-state index is 6.58. The number of nitrogens with zero attached hydrogens (tertiary/aromatic N) is 1. The quantitative estimate of drug-likeness (QED) is 0.510. The van der Waals surface area contributed by atoms with Crippen LogP contribution in [0.25, 0.3) is 0 Å². The highest BCUT2D eigenvalue weighted by atomic mass is 16.5. The Morgan fingerprint density at radius 2 is 1.96 bits per heavy atom. The van der Waals surface area contributed by atoms with Gasteiger partial charge in [-0.1, -0.05) is 39.2 Å². The van der Waals surface area contributed by atoms with Gasteiger partial charge in [0, 0.05) is 11.6 Å². The second-order valence-corrected chi connectivity index (χ2v) is 7.14. The molecule has 2 rings (SSSR count). The van der Waals surface area contributed by atoms with Crippen LogP contribution in [0.4, 0.5) is 0 Å². The molecular weight excluding hydrogens is 312 g/mol. The first-order valence-corrected chi connectivity index (χ1v) is 9.90. The van der Waals surface area contributed by atoms with Crippen LogP contribution < -0.4 is 15.2 Å². The van der Waals surface area contributed by atoms with Gasteiger partial charge in [0.1, 0.15) is 0 Å². The molecule has 0 aromatic heterocycles. The third-order valence-electron chi connectivity index (χ3n) is 5.41. The minimum absolute atomic E-state index is 0.179. The van der Waals surface area contributed by atoms with Crippen molar-refractivity contribution in [3.8, 4) is 11.5 Å². The van der Waals surface area contributed by atoms with Crippen molar-refractivity contribution in [3.05, 3.63) is 23.3 Å². The van der Waals surface area contributed by atoms with Gasteiger partial charge in [-0.25, -0.2) is 0 Å². The van der Waals surface area contributed by atoms with Crippen LogP contribution in [-0.2, 0) is 12.8 Å². The maximum Gasteiger partial charge on any atom is 0.164 e. The van der Waals surface area contributed by atoms with E-state index in [2.05, 4.69) is 24.8 Å². The molecule has 2 N–H and O–H groups in total. The Bertz CT molecular complexity index is 533. The fourth-order valence-corrected chi connectivity index (χ4v) is 4.09. The van der Waals surface area contributed by atoms with E-state index in [1.54, 1.807) is 14.2 Å². The normalized spacial score (nSPS) is 18.1. The fraction of sp³-hybridized carbons (Fsp3) is 0.714. The van der Waals surface area contributed by atoms with Crippen molar-refractivity contribution in [2.75, 3.05) is 20.8 Å². The van der Waals surface area contributed by atoms with E-state index in [-0.39, 0.29) is 6.17 Å². The maximum absolute atomic E-state index is 6.58. The van der Waals surface area contributed by atoms with Crippen molar-refractivity contribution in [2.24, 2.45) is 5.73 Å². The second kappa shape index (κ2) is 10.0. The molecule has 4 heteroatoms. The van der Waals surface area contributed by atoms with Crippen LogP contribution in [0.15, 0.2) is 12.1 Å². The number of hydrogen-bond donors (Lipinski definition) is 1. The third-order valence-corrected chi connectivity index (χ3v) is 5.41. The zero-order valence-corrected chi connectivity index (χ0v) is 16.5. The van der Waals surface area contributed by atoms with Crippen LogP contribution in [0.2, 0.25) is 0 Å². The Hall–Kier alpha value is -1.26. The van der Waals surface area contributed by atoms with Gasteiger partial charge < -0.3 is 15.2 Å². The first-order valence-electron chi connectivity index (χ1n) is 9.90. The van der Waals surface area contributed by atoms with Gasteiger partial charge in [0.2, 0.25) is 0 Å². The molecule has 0 fully saturated rings. The zero-order valence-electron chi connectivity index (χ0n) is 16.5. The van der Waals surface area contributed by atoms with E-state index in [1.807, 2.05) is 6.07 Å². The van der Waals surface area contributed by atoms with Gasteiger partial charge >= 0.3 is 0 Å². The molecule has 1 aliphatic rings. The number of unbranched alkanes of at least 4 members (excludes halogenated alkanes) is 2. The lowest BCUT2D eigenvalue weighted by Gasteiger charge is -2.39. The molecule has 25 heavy (non-hydrogen) atoms. The number of benzene rings is 1. The van der Waals surface area contributed by atoms with Crippen molar-refractivity contribution < 1.29 is 9.47 Å². The summed E-state index contributed by atoms with van der Waals surface area (Å²) in [6.07, 6.45) is 9.40. The molecule has 4 nitrogen and oxygen atoms in total. The van der Waals surface area contributed by atoms with Crippen molar-refractivity contribution in [1.82, 2.24) is 4.90 Å². The number of nitrogens with two attached hydrogens (primary N) is 1. The molecule has 0 bridgehead atoms. The summed E-state index contributed by atoms with van der Waals surface area (Å²) in [5, 5.41) is 0. The molecule has 0 aliphatic heterocycles. The van der Waals surface area contributed by atoms with Crippen molar-refractivity contribution >= 4 is 0 Å². The van der Waals surface area contributed by atoms with Gasteiger partial charge in [0.15, 0.2) is 11.5 Å². The number of methoxy groups -OCH3 is 2. The van der Waals surface area contributed by atoms with Crippen LogP contribution in [0.3, 0.4) is 0 Å². The Balaban J connectivity index is 2.13. The monoisotopic (exact) mass is 348 g/mol. The number of hydrogen-bond acceptors (Lipinski definition) is 4. The van der Waals surface area contributed by atoms with Crippen molar-refractivity contribution in [2.45, 2.75) is 77.4 Å². The Labute approximate surface area is 153 Å². The average Bonchev–Trinajstić information content (AvgIpc) is 2.64. The lowest BCUT2D eigenvalue weighted by atomic mass is 9.86. The summed E-state index contributed by atoms with van der Waals surface area (Å²) < 4.78 is 11.1. The molecule has 0 radical (unpaired) electrons. The van der Waals surface area contributed by atoms with Gasteiger partial charge in [-0.3, -0.25) is 4.90 Å². The average molecular weight is 349 g/mol. The molecule has 1 aromatic carbocycles. The van der Waals surface area contributed by atoms with Gasteiger partial charge in [0.05, 0.1) is 20.4 Å². The Morgan fingerprint density at radius 3 is 2.60 bits per heavy atom. The highest BCUT2D eigenvalue weighted by Gasteiger charge is 2.29. The zero-order chi connectivity index (χ0) is 18.2. The topological polar surface area (TPSA) is 47.7 Å². The molecule has 0 spiro atoms. The van der Waals surface area contributed by atoms with Crippen LogP contribution in [0.1, 0.15) is 63.5 Å². The predicted octanol–water partition coefficient (Wildman–Crippen LogP) is 4.14. The van der Waals surface area contributed by atoms with Crippen LogP contribution in [-0.4, -0.2) is 37.9 Å². The predicted molar refractivity (Wildman–Crippen MR) is 104 cm³/mol. The number of fused-ring (bicyclic) bond motifs is 1. The number of rotatable bonds is 10. The molecule has 2 unspecified atom stereocenters. The summed E-state index contributed by atoms with van der Waals surface area (Å²) in [5.74, 6) is 1.74. The van der Waals surface area contributed by atoms with Crippen molar-refractivity contribution in [1.29, 1.82) is 0 Å². The highest BCUT2D eigenvalue weighted by Crippen LogP contribution is 2.38. The van der Waals surface area contributed by atoms with E-state index in [1.165, 1.54) is 30.4 Å². The summed E-state index contributed by atoms with van der Waals surface area (Å²) in [6, 6.07) is 4.77.